The van der Waals surface area contributed by atoms with E-state index in [1.54, 1.807) is 12.4 Å². The van der Waals surface area contributed by atoms with E-state index in [2.05, 4.69) is 22.2 Å². The minimum absolute atomic E-state index is 0.0901. The van der Waals surface area contributed by atoms with E-state index in [1.807, 2.05) is 29.2 Å². The summed E-state index contributed by atoms with van der Waals surface area (Å²) in [6.07, 6.45) is 6.09. The molecule has 6 rings (SSSR count). The average Bonchev–Trinajstić information content (AvgIpc) is 3.33. The van der Waals surface area contributed by atoms with Crippen LogP contribution in [0, 0.1) is 5.92 Å². The largest absolute Gasteiger partial charge is 0.345 e. The van der Waals surface area contributed by atoms with Crippen LogP contribution in [0.5, 0.6) is 0 Å². The molecule has 4 aliphatic rings. The van der Waals surface area contributed by atoms with Gasteiger partial charge in [0.2, 0.25) is 5.91 Å². The SMILES string of the molecule is CN1CC[C@H](C(=O)N2CC3(NC(=O)c4cncc5ccccc45)CC2C3)C1. The quantitative estimate of drug-likeness (QED) is 0.900. The number of aromatic nitrogens is 1. The van der Waals surface area contributed by atoms with Gasteiger partial charge in [-0.1, -0.05) is 24.3 Å². The Morgan fingerprint density at radius 1 is 1.22 bits per heavy atom. The molecule has 1 saturated carbocycles. The number of amides is 2. The van der Waals surface area contributed by atoms with Gasteiger partial charge in [0.25, 0.3) is 5.91 Å². The molecular formula is C21H24N4O2. The van der Waals surface area contributed by atoms with Gasteiger partial charge in [0.15, 0.2) is 0 Å². The lowest BCUT2D eigenvalue weighted by Gasteiger charge is -2.37. The molecule has 1 atom stereocenters. The Bertz CT molecular complexity index is 916. The Morgan fingerprint density at radius 3 is 2.81 bits per heavy atom. The van der Waals surface area contributed by atoms with Crippen LogP contribution in [0.3, 0.4) is 0 Å². The van der Waals surface area contributed by atoms with Gasteiger partial charge in [-0.05, 0) is 38.2 Å². The summed E-state index contributed by atoms with van der Waals surface area (Å²) >= 11 is 0. The zero-order chi connectivity index (χ0) is 18.6. The first-order valence-electron chi connectivity index (χ1n) is 9.69. The number of hydrogen-bond donors (Lipinski definition) is 1. The van der Waals surface area contributed by atoms with Crippen molar-refractivity contribution < 1.29 is 9.59 Å². The van der Waals surface area contributed by atoms with E-state index in [0.717, 1.165) is 43.1 Å². The second-order valence-corrected chi connectivity index (χ2v) is 8.42. The number of hydrogen-bond acceptors (Lipinski definition) is 4. The van der Waals surface area contributed by atoms with E-state index in [-0.39, 0.29) is 29.3 Å². The average molecular weight is 364 g/mol. The third-order valence-electron chi connectivity index (χ3n) is 6.48. The van der Waals surface area contributed by atoms with Gasteiger partial charge < -0.3 is 15.1 Å². The Morgan fingerprint density at radius 2 is 2.04 bits per heavy atom. The van der Waals surface area contributed by atoms with E-state index in [4.69, 9.17) is 0 Å². The first-order valence-corrected chi connectivity index (χ1v) is 9.69. The fourth-order valence-electron chi connectivity index (χ4n) is 5.02. The fraction of sp³-hybridized carbons (Fsp3) is 0.476. The highest BCUT2D eigenvalue weighted by Crippen LogP contribution is 2.45. The third kappa shape index (κ3) is 2.70. The van der Waals surface area contributed by atoms with Crippen LogP contribution >= 0.6 is 0 Å². The van der Waals surface area contributed by atoms with Crippen molar-refractivity contribution in [2.75, 3.05) is 26.7 Å². The van der Waals surface area contributed by atoms with E-state index < -0.39 is 0 Å². The van der Waals surface area contributed by atoms with Crippen LogP contribution in [-0.4, -0.2) is 64.9 Å². The third-order valence-corrected chi connectivity index (χ3v) is 6.48. The molecule has 0 unspecified atom stereocenters. The summed E-state index contributed by atoms with van der Waals surface area (Å²) in [5.41, 5.74) is 0.340. The fourth-order valence-corrected chi connectivity index (χ4v) is 5.02. The molecule has 2 amide bonds. The lowest BCUT2D eigenvalue weighted by Crippen LogP contribution is -2.55. The van der Waals surface area contributed by atoms with Crippen molar-refractivity contribution in [3.8, 4) is 0 Å². The molecule has 1 aromatic carbocycles. The summed E-state index contributed by atoms with van der Waals surface area (Å²) in [6.45, 7) is 2.48. The number of likely N-dealkylation sites (tertiary alicyclic amines) is 1. The van der Waals surface area contributed by atoms with Crippen molar-refractivity contribution in [1.29, 1.82) is 0 Å². The molecule has 3 saturated heterocycles. The first-order chi connectivity index (χ1) is 13.0. The Hall–Kier alpha value is -2.47. The molecule has 1 aliphatic carbocycles. The number of carbonyl (C=O) groups excluding carboxylic acids is 2. The molecule has 4 fully saturated rings. The topological polar surface area (TPSA) is 65.5 Å². The van der Waals surface area contributed by atoms with Crippen molar-refractivity contribution in [3.05, 3.63) is 42.2 Å². The highest BCUT2D eigenvalue weighted by atomic mass is 16.2. The number of nitrogens with zero attached hydrogens (tertiary/aromatic N) is 3. The number of carbonyl (C=O) groups is 2. The summed E-state index contributed by atoms with van der Waals surface area (Å²) in [6, 6.07) is 8.08. The maximum absolute atomic E-state index is 13.0. The Kier molecular flexibility index (Phi) is 3.72. The molecule has 0 spiro atoms. The number of fused-ring (bicyclic) bond motifs is 2. The Labute approximate surface area is 158 Å². The predicted molar refractivity (Wildman–Crippen MR) is 102 cm³/mol. The van der Waals surface area contributed by atoms with Crippen molar-refractivity contribution in [1.82, 2.24) is 20.1 Å². The predicted octanol–water partition coefficient (Wildman–Crippen LogP) is 1.66. The van der Waals surface area contributed by atoms with Crippen molar-refractivity contribution in [2.24, 2.45) is 5.92 Å². The van der Waals surface area contributed by atoms with Gasteiger partial charge in [-0.2, -0.15) is 0 Å². The molecule has 4 heterocycles. The van der Waals surface area contributed by atoms with Crippen molar-refractivity contribution in [2.45, 2.75) is 30.8 Å². The lowest BCUT2D eigenvalue weighted by atomic mass is 9.77. The molecule has 2 bridgehead atoms. The zero-order valence-electron chi connectivity index (χ0n) is 15.5. The molecule has 27 heavy (non-hydrogen) atoms. The zero-order valence-corrected chi connectivity index (χ0v) is 15.5. The Balaban J connectivity index is 1.31. The molecule has 1 aromatic heterocycles. The van der Waals surface area contributed by atoms with Gasteiger partial charge in [-0.25, -0.2) is 0 Å². The molecule has 1 N–H and O–H groups in total. The van der Waals surface area contributed by atoms with Crippen LogP contribution in [0.1, 0.15) is 29.6 Å². The van der Waals surface area contributed by atoms with E-state index >= 15 is 0 Å². The summed E-state index contributed by atoms with van der Waals surface area (Å²) < 4.78 is 0. The highest BCUT2D eigenvalue weighted by molar-refractivity contribution is 6.06. The minimum atomic E-state index is -0.265. The number of pyridine rings is 1. The van der Waals surface area contributed by atoms with Crippen LogP contribution < -0.4 is 5.32 Å². The monoisotopic (exact) mass is 364 g/mol. The van der Waals surface area contributed by atoms with Crippen LogP contribution in [0.4, 0.5) is 0 Å². The van der Waals surface area contributed by atoms with Gasteiger partial charge in [0.05, 0.1) is 17.0 Å². The van der Waals surface area contributed by atoms with Gasteiger partial charge in [0, 0.05) is 36.9 Å². The lowest BCUT2D eigenvalue weighted by molar-refractivity contribution is -0.135. The highest BCUT2D eigenvalue weighted by Gasteiger charge is 2.58. The minimum Gasteiger partial charge on any atom is -0.345 e. The standard InChI is InChI=1S/C21H24N4O2/c1-24-7-6-15(12-24)20(27)25-13-21(8-16(25)9-21)23-19(26)18-11-22-10-14-4-2-3-5-17(14)18/h2-5,10-11,15-16H,6-9,12-13H2,1H3,(H,23,26)/t15-,16?,21?/m0/s1. The molecular weight excluding hydrogens is 340 g/mol. The number of nitrogens with one attached hydrogen (secondary N) is 1. The van der Waals surface area contributed by atoms with Gasteiger partial charge >= 0.3 is 0 Å². The molecule has 2 aromatic rings. The molecule has 3 aliphatic heterocycles. The summed E-state index contributed by atoms with van der Waals surface area (Å²) in [7, 11) is 2.07. The normalized spacial score (nSPS) is 29.7. The van der Waals surface area contributed by atoms with Crippen LogP contribution in [-0.2, 0) is 4.79 Å². The van der Waals surface area contributed by atoms with Gasteiger partial charge in [0.1, 0.15) is 0 Å². The van der Waals surface area contributed by atoms with Crippen LogP contribution in [0.25, 0.3) is 10.8 Å². The molecule has 0 radical (unpaired) electrons. The summed E-state index contributed by atoms with van der Waals surface area (Å²) in [5, 5.41) is 5.11. The van der Waals surface area contributed by atoms with E-state index in [1.165, 1.54) is 0 Å². The van der Waals surface area contributed by atoms with Gasteiger partial charge in [-0.15, -0.1) is 0 Å². The second kappa shape index (κ2) is 6.02. The molecule has 6 heteroatoms. The maximum atomic E-state index is 13.0. The van der Waals surface area contributed by atoms with Gasteiger partial charge in [-0.3, -0.25) is 14.6 Å². The smallest absolute Gasteiger partial charge is 0.253 e. The summed E-state index contributed by atoms with van der Waals surface area (Å²) in [5.74, 6) is 0.293. The number of benzene rings is 1. The van der Waals surface area contributed by atoms with Crippen LogP contribution in [0.2, 0.25) is 0 Å². The van der Waals surface area contributed by atoms with Crippen LogP contribution in [0.15, 0.2) is 36.7 Å². The first kappa shape index (κ1) is 16.7. The van der Waals surface area contributed by atoms with Crippen molar-refractivity contribution >= 4 is 22.6 Å². The van der Waals surface area contributed by atoms with E-state index in [0.29, 0.717) is 12.1 Å². The molecule has 140 valence electrons. The second-order valence-electron chi connectivity index (χ2n) is 8.42. The maximum Gasteiger partial charge on any atom is 0.253 e. The number of rotatable bonds is 3. The summed E-state index contributed by atoms with van der Waals surface area (Å²) in [4.78, 5) is 34.3. The van der Waals surface area contributed by atoms with E-state index in [9.17, 15) is 9.59 Å². The van der Waals surface area contributed by atoms with Crippen molar-refractivity contribution in [3.63, 3.8) is 0 Å². The molecule has 6 nitrogen and oxygen atoms in total.